The van der Waals surface area contributed by atoms with Crippen molar-refractivity contribution < 1.29 is 13.2 Å². The van der Waals surface area contributed by atoms with Crippen LogP contribution in [0.15, 0.2) is 22.7 Å². The molecule has 1 aliphatic rings. The average molecular weight is 465 g/mol. The van der Waals surface area contributed by atoms with E-state index in [0.29, 0.717) is 26.2 Å². The zero-order valence-electron chi connectivity index (χ0n) is 16.9. The van der Waals surface area contributed by atoms with Gasteiger partial charge in [0.1, 0.15) is 0 Å². The molecule has 0 fully saturated rings. The number of nitrogens with one attached hydrogen (secondary N) is 1. The molecular formula is C20H28BrF3N2S. The van der Waals surface area contributed by atoms with Gasteiger partial charge in [-0.2, -0.15) is 13.2 Å². The number of aromatic amines is 1. The number of H-pyrrole nitrogens is 1. The Morgan fingerprint density at radius 3 is 2.19 bits per heavy atom. The molecule has 2 nitrogen and oxygen atoms in total. The van der Waals surface area contributed by atoms with Crippen LogP contribution in [0.1, 0.15) is 60.5 Å². The summed E-state index contributed by atoms with van der Waals surface area (Å²) in [6, 6.07) is 2.24. The lowest BCUT2D eigenvalue weighted by molar-refractivity contribution is -0.137. The number of fused-ring (bicyclic) bond motifs is 1. The van der Waals surface area contributed by atoms with E-state index in [1.54, 1.807) is 4.57 Å². The molecule has 0 spiro atoms. The molecule has 0 amide bonds. The van der Waals surface area contributed by atoms with Gasteiger partial charge in [0, 0.05) is 15.6 Å². The summed E-state index contributed by atoms with van der Waals surface area (Å²) in [6.07, 6.45) is -1.45. The molecule has 0 radical (unpaired) electrons. The van der Waals surface area contributed by atoms with E-state index in [1.165, 1.54) is 0 Å². The first-order chi connectivity index (χ1) is 12.5. The molecule has 1 heterocycles. The zero-order chi connectivity index (χ0) is 21.2. The molecule has 1 atom stereocenters. The lowest BCUT2D eigenvalue weighted by Crippen LogP contribution is -2.21. The second-order valence-corrected chi connectivity index (χ2v) is 7.80. The Hall–Kier alpha value is -1.08. The second kappa shape index (κ2) is 8.95. The summed E-state index contributed by atoms with van der Waals surface area (Å²) in [7, 11) is 0. The van der Waals surface area contributed by atoms with Crippen molar-refractivity contribution >= 4 is 44.9 Å². The fraction of sp³-hybridized carbons (Fsp3) is 0.550. The maximum Gasteiger partial charge on any atom is 0.416 e. The van der Waals surface area contributed by atoms with Crippen LogP contribution < -0.4 is 0 Å². The summed E-state index contributed by atoms with van der Waals surface area (Å²) in [5.74, 6) is 0.401. The van der Waals surface area contributed by atoms with Gasteiger partial charge in [0.2, 0.25) is 0 Å². The number of benzene rings is 1. The van der Waals surface area contributed by atoms with E-state index < -0.39 is 11.7 Å². The third-order valence-corrected chi connectivity index (χ3v) is 5.78. The van der Waals surface area contributed by atoms with Crippen LogP contribution in [0.2, 0.25) is 0 Å². The Bertz CT molecular complexity index is 876. The SMILES string of the molecule is CC.CC.CC1CC=C(n2c(=S)[nH]c3c(Br)cc(C(F)(F)F)cc32)C1(C)C. The van der Waals surface area contributed by atoms with Crippen LogP contribution in [0.4, 0.5) is 13.2 Å². The van der Waals surface area contributed by atoms with Gasteiger partial charge in [-0.25, -0.2) is 0 Å². The molecule has 1 aromatic heterocycles. The number of imidazole rings is 1. The Labute approximate surface area is 173 Å². The number of hydrogen-bond donors (Lipinski definition) is 1. The molecular weight excluding hydrogens is 437 g/mol. The Morgan fingerprint density at radius 2 is 1.74 bits per heavy atom. The average Bonchev–Trinajstić information content (AvgIpc) is 3.07. The van der Waals surface area contributed by atoms with Crippen molar-refractivity contribution in [3.63, 3.8) is 0 Å². The molecule has 0 aliphatic heterocycles. The van der Waals surface area contributed by atoms with E-state index in [4.69, 9.17) is 12.2 Å². The molecule has 0 saturated heterocycles. The van der Waals surface area contributed by atoms with Gasteiger partial charge in [-0.15, -0.1) is 0 Å². The minimum Gasteiger partial charge on any atom is -0.329 e. The predicted octanol–water partition coefficient (Wildman–Crippen LogP) is 8.44. The van der Waals surface area contributed by atoms with Gasteiger partial charge < -0.3 is 4.98 Å². The maximum absolute atomic E-state index is 13.1. The number of hydrogen-bond acceptors (Lipinski definition) is 1. The van der Waals surface area contributed by atoms with Crippen molar-refractivity contribution in [1.29, 1.82) is 0 Å². The van der Waals surface area contributed by atoms with Crippen molar-refractivity contribution in [2.24, 2.45) is 11.3 Å². The van der Waals surface area contributed by atoms with Crippen LogP contribution in [0.5, 0.6) is 0 Å². The van der Waals surface area contributed by atoms with Gasteiger partial charge >= 0.3 is 6.18 Å². The van der Waals surface area contributed by atoms with E-state index in [2.05, 4.69) is 47.8 Å². The number of halogens is 4. The van der Waals surface area contributed by atoms with Crippen LogP contribution >= 0.6 is 28.1 Å². The quantitative estimate of drug-likeness (QED) is 0.419. The number of aromatic nitrogens is 2. The highest BCUT2D eigenvalue weighted by Gasteiger charge is 2.37. The van der Waals surface area contributed by atoms with Crippen LogP contribution in [0.3, 0.4) is 0 Å². The summed E-state index contributed by atoms with van der Waals surface area (Å²) < 4.78 is 41.9. The number of allylic oxidation sites excluding steroid dienone is 2. The van der Waals surface area contributed by atoms with E-state index in [-0.39, 0.29) is 5.41 Å². The highest BCUT2D eigenvalue weighted by Crippen LogP contribution is 2.47. The standard InChI is InChI=1S/C16H16BrF3N2S.2C2H6/c1-8-4-5-12(15(8,2)3)22-11-7-9(16(18,19)20)6-10(17)13(11)21-14(22)23;2*1-2/h5-8H,4H2,1-3H3,(H,21,23);2*1-2H3. The van der Waals surface area contributed by atoms with E-state index in [0.717, 1.165) is 24.3 Å². The van der Waals surface area contributed by atoms with Crippen LogP contribution in [-0.2, 0) is 6.18 Å². The first-order valence-electron chi connectivity index (χ1n) is 9.26. The van der Waals surface area contributed by atoms with Crippen molar-refractivity contribution in [2.75, 3.05) is 0 Å². The Kier molecular flexibility index (Phi) is 7.94. The molecule has 1 aromatic carbocycles. The monoisotopic (exact) mass is 464 g/mol. The van der Waals surface area contributed by atoms with Gasteiger partial charge in [0.15, 0.2) is 4.77 Å². The predicted molar refractivity (Wildman–Crippen MR) is 114 cm³/mol. The fourth-order valence-corrected chi connectivity index (χ4v) is 3.89. The zero-order valence-corrected chi connectivity index (χ0v) is 19.3. The molecule has 1 unspecified atom stereocenters. The highest BCUT2D eigenvalue weighted by atomic mass is 79.9. The molecule has 152 valence electrons. The lowest BCUT2D eigenvalue weighted by atomic mass is 9.81. The number of rotatable bonds is 1. The summed E-state index contributed by atoms with van der Waals surface area (Å²) in [6.45, 7) is 14.3. The minimum atomic E-state index is -4.40. The van der Waals surface area contributed by atoms with Crippen molar-refractivity contribution in [3.8, 4) is 0 Å². The van der Waals surface area contributed by atoms with Gasteiger partial charge in [-0.3, -0.25) is 4.57 Å². The molecule has 0 bridgehead atoms. The highest BCUT2D eigenvalue weighted by molar-refractivity contribution is 9.10. The maximum atomic E-state index is 13.1. The lowest BCUT2D eigenvalue weighted by Gasteiger charge is -2.29. The van der Waals surface area contributed by atoms with Crippen molar-refractivity contribution in [3.05, 3.63) is 33.0 Å². The minimum absolute atomic E-state index is 0.159. The first-order valence-corrected chi connectivity index (χ1v) is 10.5. The summed E-state index contributed by atoms with van der Waals surface area (Å²) >= 11 is 8.62. The van der Waals surface area contributed by atoms with Crippen molar-refractivity contribution in [1.82, 2.24) is 9.55 Å². The molecule has 1 aliphatic carbocycles. The van der Waals surface area contributed by atoms with Gasteiger partial charge in [0.05, 0.1) is 16.6 Å². The van der Waals surface area contributed by atoms with Gasteiger partial charge in [0.25, 0.3) is 0 Å². The van der Waals surface area contributed by atoms with Crippen LogP contribution in [0.25, 0.3) is 16.7 Å². The van der Waals surface area contributed by atoms with E-state index >= 15 is 0 Å². The van der Waals surface area contributed by atoms with Crippen LogP contribution in [-0.4, -0.2) is 9.55 Å². The van der Waals surface area contributed by atoms with Crippen molar-refractivity contribution in [2.45, 2.75) is 61.1 Å². The fourth-order valence-electron chi connectivity index (χ4n) is 3.05. The number of alkyl halides is 3. The van der Waals surface area contributed by atoms with Crippen LogP contribution in [0, 0.1) is 16.1 Å². The Morgan fingerprint density at radius 1 is 1.19 bits per heavy atom. The molecule has 1 N–H and O–H groups in total. The third-order valence-electron chi connectivity index (χ3n) is 4.87. The summed E-state index contributed by atoms with van der Waals surface area (Å²) in [4.78, 5) is 3.03. The van der Waals surface area contributed by atoms with E-state index in [9.17, 15) is 13.2 Å². The molecule has 0 saturated carbocycles. The summed E-state index contributed by atoms with van der Waals surface area (Å²) in [5.41, 5.74) is 1.13. The molecule has 3 rings (SSSR count). The van der Waals surface area contributed by atoms with Gasteiger partial charge in [-0.1, -0.05) is 54.5 Å². The molecule has 7 heteroatoms. The second-order valence-electron chi connectivity index (χ2n) is 6.56. The Balaban J connectivity index is 0.000000855. The summed E-state index contributed by atoms with van der Waals surface area (Å²) in [5, 5.41) is 0. The number of nitrogens with zero attached hydrogens (tertiary/aromatic N) is 1. The largest absolute Gasteiger partial charge is 0.416 e. The third kappa shape index (κ3) is 4.50. The van der Waals surface area contributed by atoms with Gasteiger partial charge in [-0.05, 0) is 52.6 Å². The first kappa shape index (κ1) is 24.0. The normalized spacial score (nSPS) is 18.3. The van der Waals surface area contributed by atoms with E-state index in [1.807, 2.05) is 27.7 Å². The smallest absolute Gasteiger partial charge is 0.329 e. The molecule has 27 heavy (non-hydrogen) atoms. The molecule has 2 aromatic rings. The topological polar surface area (TPSA) is 20.7 Å².